The van der Waals surface area contributed by atoms with Crippen molar-refractivity contribution < 1.29 is 19.0 Å². The Morgan fingerprint density at radius 1 is 0.977 bits per heavy atom. The maximum Gasteiger partial charge on any atom is 0.228 e. The standard InChI is InChI=1S/C33H38Cl3N3O4/c1-21-15-29(35)32(30(36)16-21)43-14-13-42-31-8-4-23(18-38-31)26-9-11-37-19-27(26)33(40)39(25-5-6-25)20-24-17-22(10-12-41-2)3-7-28(24)34/h3-4,7-8,15-18,25-27,37H,5-6,9-14,19-20H2,1-2H3/t26-,27+/m1/s1. The summed E-state index contributed by atoms with van der Waals surface area (Å²) in [6, 6.07) is 13.8. The third-order valence-corrected chi connectivity index (χ3v) is 8.96. The van der Waals surface area contributed by atoms with Gasteiger partial charge in [-0.1, -0.05) is 53.0 Å². The quantitative estimate of drug-likeness (QED) is 0.204. The lowest BCUT2D eigenvalue weighted by Crippen LogP contribution is -2.47. The SMILES string of the molecule is COCCc1ccc(Cl)c(CN(C(=O)[C@H]2CNCC[C@@H]2c2ccc(OCCOc3c(Cl)cc(C)cc3Cl)nc2)C2CC2)c1. The van der Waals surface area contributed by atoms with Crippen molar-refractivity contribution in [1.82, 2.24) is 15.2 Å². The molecular weight excluding hydrogens is 609 g/mol. The number of benzene rings is 2. The summed E-state index contributed by atoms with van der Waals surface area (Å²) in [5.74, 6) is 0.991. The van der Waals surface area contributed by atoms with E-state index >= 15 is 0 Å². The second-order valence-electron chi connectivity index (χ2n) is 11.3. The molecule has 1 saturated heterocycles. The summed E-state index contributed by atoms with van der Waals surface area (Å²) < 4.78 is 16.8. The van der Waals surface area contributed by atoms with Crippen molar-refractivity contribution in [1.29, 1.82) is 0 Å². The molecule has 1 N–H and O–H groups in total. The van der Waals surface area contributed by atoms with E-state index < -0.39 is 0 Å². The van der Waals surface area contributed by atoms with E-state index in [1.165, 1.54) is 0 Å². The lowest BCUT2D eigenvalue weighted by Gasteiger charge is -2.35. The molecule has 2 heterocycles. The number of hydrogen-bond donors (Lipinski definition) is 1. The van der Waals surface area contributed by atoms with Gasteiger partial charge in [0.25, 0.3) is 0 Å². The van der Waals surface area contributed by atoms with Crippen molar-refractivity contribution in [3.8, 4) is 11.6 Å². The molecule has 5 rings (SSSR count). The van der Waals surface area contributed by atoms with Crippen LogP contribution in [-0.2, 0) is 22.5 Å². The summed E-state index contributed by atoms with van der Waals surface area (Å²) in [6.45, 7) is 5.12. The topological polar surface area (TPSA) is 72.9 Å². The number of halogens is 3. The van der Waals surface area contributed by atoms with Crippen LogP contribution >= 0.6 is 34.8 Å². The number of aryl methyl sites for hydroxylation is 1. The number of carbonyl (C=O) groups is 1. The third kappa shape index (κ3) is 8.34. The fourth-order valence-corrected chi connectivity index (χ4v) is 6.50. The number of amides is 1. The summed E-state index contributed by atoms with van der Waals surface area (Å²) in [5, 5.41) is 5.07. The van der Waals surface area contributed by atoms with Gasteiger partial charge in [0.2, 0.25) is 11.8 Å². The number of carbonyl (C=O) groups excluding carboxylic acids is 1. The molecule has 1 aliphatic heterocycles. The molecule has 0 unspecified atom stereocenters. The number of hydrogen-bond acceptors (Lipinski definition) is 6. The van der Waals surface area contributed by atoms with Gasteiger partial charge in [0, 0.05) is 43.5 Å². The van der Waals surface area contributed by atoms with Gasteiger partial charge in [0.15, 0.2) is 5.75 Å². The average molecular weight is 647 g/mol. The Balaban J connectivity index is 1.21. The summed E-state index contributed by atoms with van der Waals surface area (Å²) in [7, 11) is 1.70. The summed E-state index contributed by atoms with van der Waals surface area (Å²) >= 11 is 19.1. The monoisotopic (exact) mass is 645 g/mol. The number of ether oxygens (including phenoxy) is 3. The number of piperidine rings is 1. The fourth-order valence-electron chi connectivity index (χ4n) is 5.62. The molecule has 230 valence electrons. The Kier molecular flexibility index (Phi) is 11.1. The molecule has 2 aliphatic rings. The van der Waals surface area contributed by atoms with E-state index in [2.05, 4.69) is 16.4 Å². The lowest BCUT2D eigenvalue weighted by atomic mass is 9.81. The predicted molar refractivity (Wildman–Crippen MR) is 171 cm³/mol. The van der Waals surface area contributed by atoms with Gasteiger partial charge < -0.3 is 24.4 Å². The summed E-state index contributed by atoms with van der Waals surface area (Å²) in [5.41, 5.74) is 4.14. The molecule has 1 amide bonds. The first-order valence-electron chi connectivity index (χ1n) is 14.8. The molecule has 7 nitrogen and oxygen atoms in total. The Morgan fingerprint density at radius 2 is 1.74 bits per heavy atom. The second-order valence-corrected chi connectivity index (χ2v) is 12.5. The van der Waals surface area contributed by atoms with Gasteiger partial charge in [0.1, 0.15) is 13.2 Å². The van der Waals surface area contributed by atoms with E-state index in [9.17, 15) is 4.79 Å². The van der Waals surface area contributed by atoms with Crippen molar-refractivity contribution in [3.05, 3.63) is 86.0 Å². The Labute approximate surface area is 268 Å². The van der Waals surface area contributed by atoms with Gasteiger partial charge in [-0.15, -0.1) is 0 Å². The smallest absolute Gasteiger partial charge is 0.228 e. The van der Waals surface area contributed by atoms with Gasteiger partial charge >= 0.3 is 0 Å². The number of nitrogens with one attached hydrogen (secondary N) is 1. The van der Waals surface area contributed by atoms with E-state index in [0.29, 0.717) is 46.4 Å². The molecule has 0 radical (unpaired) electrons. The Bertz CT molecular complexity index is 1380. The maximum atomic E-state index is 14.1. The summed E-state index contributed by atoms with van der Waals surface area (Å²) in [4.78, 5) is 20.7. The van der Waals surface area contributed by atoms with Gasteiger partial charge in [-0.05, 0) is 85.5 Å². The number of nitrogens with zero attached hydrogens (tertiary/aromatic N) is 2. The van der Waals surface area contributed by atoms with Crippen LogP contribution in [0.15, 0.2) is 48.7 Å². The number of aromatic nitrogens is 1. The van der Waals surface area contributed by atoms with E-state index in [1.54, 1.807) is 7.11 Å². The third-order valence-electron chi connectivity index (χ3n) is 8.03. The van der Waals surface area contributed by atoms with Gasteiger partial charge in [-0.2, -0.15) is 0 Å². The van der Waals surface area contributed by atoms with Crippen LogP contribution in [-0.4, -0.2) is 61.9 Å². The maximum absolute atomic E-state index is 14.1. The van der Waals surface area contributed by atoms with Crippen molar-refractivity contribution in [2.24, 2.45) is 5.92 Å². The Hall–Kier alpha value is -2.55. The molecule has 3 aromatic rings. The van der Waals surface area contributed by atoms with Crippen LogP contribution in [0.5, 0.6) is 11.6 Å². The minimum atomic E-state index is -0.184. The van der Waals surface area contributed by atoms with Gasteiger partial charge in [-0.3, -0.25) is 4.79 Å². The van der Waals surface area contributed by atoms with Crippen LogP contribution in [0.4, 0.5) is 0 Å². The minimum Gasteiger partial charge on any atom is -0.487 e. The van der Waals surface area contributed by atoms with Crippen LogP contribution < -0.4 is 14.8 Å². The van der Waals surface area contributed by atoms with E-state index in [-0.39, 0.29) is 37.0 Å². The zero-order valence-electron chi connectivity index (χ0n) is 24.6. The molecular formula is C33H38Cl3N3O4. The highest BCUT2D eigenvalue weighted by atomic mass is 35.5. The van der Waals surface area contributed by atoms with Crippen LogP contribution in [0.3, 0.4) is 0 Å². The minimum absolute atomic E-state index is 0.0641. The molecule has 2 fully saturated rings. The molecule has 1 aliphatic carbocycles. The highest BCUT2D eigenvalue weighted by Gasteiger charge is 2.40. The molecule has 0 bridgehead atoms. The first-order valence-corrected chi connectivity index (χ1v) is 15.9. The van der Waals surface area contributed by atoms with Crippen molar-refractivity contribution >= 4 is 40.7 Å². The van der Waals surface area contributed by atoms with E-state index in [4.69, 9.17) is 49.0 Å². The normalized spacial score (nSPS) is 18.3. The predicted octanol–water partition coefficient (Wildman–Crippen LogP) is 6.88. The van der Waals surface area contributed by atoms with Crippen molar-refractivity contribution in [2.45, 2.75) is 51.1 Å². The van der Waals surface area contributed by atoms with Gasteiger partial charge in [0.05, 0.1) is 22.6 Å². The van der Waals surface area contributed by atoms with Crippen LogP contribution in [0.1, 0.15) is 47.4 Å². The first kappa shape index (κ1) is 31.9. The van der Waals surface area contributed by atoms with Crippen molar-refractivity contribution in [2.75, 3.05) is 40.0 Å². The molecule has 1 aromatic heterocycles. The van der Waals surface area contributed by atoms with Crippen LogP contribution in [0.2, 0.25) is 15.1 Å². The largest absolute Gasteiger partial charge is 0.487 e. The molecule has 2 aromatic carbocycles. The average Bonchev–Trinajstić information content (AvgIpc) is 3.84. The molecule has 1 saturated carbocycles. The first-order chi connectivity index (χ1) is 20.8. The zero-order valence-corrected chi connectivity index (χ0v) is 26.9. The number of pyridine rings is 1. The van der Waals surface area contributed by atoms with E-state index in [0.717, 1.165) is 54.5 Å². The zero-order chi connectivity index (χ0) is 30.3. The van der Waals surface area contributed by atoms with Crippen molar-refractivity contribution in [3.63, 3.8) is 0 Å². The molecule has 10 heteroatoms. The molecule has 0 spiro atoms. The highest BCUT2D eigenvalue weighted by Crippen LogP contribution is 2.37. The van der Waals surface area contributed by atoms with E-state index in [1.807, 2.05) is 54.4 Å². The lowest BCUT2D eigenvalue weighted by molar-refractivity contribution is -0.138. The molecule has 2 atom stereocenters. The summed E-state index contributed by atoms with van der Waals surface area (Å²) in [6.07, 6.45) is 5.55. The van der Waals surface area contributed by atoms with Crippen LogP contribution in [0.25, 0.3) is 0 Å². The van der Waals surface area contributed by atoms with Gasteiger partial charge in [-0.25, -0.2) is 4.98 Å². The molecule has 43 heavy (non-hydrogen) atoms. The number of rotatable bonds is 13. The highest BCUT2D eigenvalue weighted by molar-refractivity contribution is 6.37. The fraction of sp³-hybridized carbons (Fsp3) is 0.455. The second kappa shape index (κ2) is 15.0. The Morgan fingerprint density at radius 3 is 2.44 bits per heavy atom. The number of methoxy groups -OCH3 is 1. The van der Waals surface area contributed by atoms with Crippen LogP contribution in [0, 0.1) is 12.8 Å².